The molecule has 1 aromatic rings. The predicted molar refractivity (Wildman–Crippen MR) is 57.9 cm³/mol. The van der Waals surface area contributed by atoms with Crippen molar-refractivity contribution in [2.24, 2.45) is 0 Å². The molecule has 1 heterocycles. The molecule has 0 aliphatic rings. The van der Waals surface area contributed by atoms with E-state index in [0.29, 0.717) is 5.56 Å². The summed E-state index contributed by atoms with van der Waals surface area (Å²) in [6, 6.07) is 1.27. The van der Waals surface area contributed by atoms with Crippen LogP contribution in [0, 0.1) is 6.92 Å². The summed E-state index contributed by atoms with van der Waals surface area (Å²) < 4.78 is 29.7. The fraction of sp³-hybridized carbons (Fsp3) is 0.400. The lowest BCUT2D eigenvalue weighted by atomic mass is 10.1. The van der Waals surface area contributed by atoms with Crippen molar-refractivity contribution in [3.8, 4) is 0 Å². The van der Waals surface area contributed by atoms with Crippen molar-refractivity contribution in [1.82, 2.24) is 4.98 Å². The Hall–Kier alpha value is -1.04. The highest BCUT2D eigenvalue weighted by Gasteiger charge is 2.19. The van der Waals surface area contributed by atoms with Gasteiger partial charge in [-0.2, -0.15) is 0 Å². The van der Waals surface area contributed by atoms with Gasteiger partial charge in [-0.15, -0.1) is 0 Å². The summed E-state index contributed by atoms with van der Waals surface area (Å²) in [5.41, 5.74) is 0.441. The highest BCUT2D eigenvalue weighted by molar-refractivity contribution is 9.08. The van der Waals surface area contributed by atoms with Gasteiger partial charge in [0.15, 0.2) is 5.69 Å². The van der Waals surface area contributed by atoms with Crippen LogP contribution in [0.2, 0.25) is 0 Å². The number of rotatable bonds is 3. The molecule has 0 fully saturated rings. The van der Waals surface area contributed by atoms with Crippen LogP contribution in [0.4, 0.5) is 8.78 Å². The van der Waals surface area contributed by atoms with Gasteiger partial charge in [0.1, 0.15) is 0 Å². The Morgan fingerprint density at radius 2 is 2.25 bits per heavy atom. The van der Waals surface area contributed by atoms with E-state index < -0.39 is 12.4 Å². The molecule has 3 nitrogen and oxygen atoms in total. The molecule has 0 atom stereocenters. The largest absolute Gasteiger partial charge is 0.464 e. The lowest BCUT2D eigenvalue weighted by Gasteiger charge is -2.10. The van der Waals surface area contributed by atoms with Crippen LogP contribution < -0.4 is 0 Å². The van der Waals surface area contributed by atoms with Gasteiger partial charge in [-0.05, 0) is 18.6 Å². The van der Waals surface area contributed by atoms with Gasteiger partial charge in [-0.3, -0.25) is 0 Å². The summed E-state index contributed by atoms with van der Waals surface area (Å²) in [7, 11) is 1.22. The SMILES string of the molecule is COC(=O)c1nc(C)c(C(F)F)cc1CBr. The van der Waals surface area contributed by atoms with E-state index in [1.165, 1.54) is 20.1 Å². The second-order valence-corrected chi connectivity index (χ2v) is 3.66. The van der Waals surface area contributed by atoms with E-state index in [1.807, 2.05) is 0 Å². The zero-order chi connectivity index (χ0) is 12.3. The molecule has 1 rings (SSSR count). The van der Waals surface area contributed by atoms with Gasteiger partial charge in [0.25, 0.3) is 6.43 Å². The molecular weight excluding hydrogens is 284 g/mol. The molecule has 0 aromatic carbocycles. The lowest BCUT2D eigenvalue weighted by Crippen LogP contribution is -2.10. The molecule has 0 aliphatic carbocycles. The van der Waals surface area contributed by atoms with Crippen LogP contribution in [0.25, 0.3) is 0 Å². The Bertz CT molecular complexity index is 410. The van der Waals surface area contributed by atoms with Crippen molar-refractivity contribution < 1.29 is 18.3 Å². The first-order chi connectivity index (χ1) is 7.51. The maximum absolute atomic E-state index is 12.6. The molecule has 0 spiro atoms. The van der Waals surface area contributed by atoms with E-state index in [9.17, 15) is 13.6 Å². The monoisotopic (exact) mass is 293 g/mol. The van der Waals surface area contributed by atoms with Gasteiger partial charge in [0.2, 0.25) is 0 Å². The summed E-state index contributed by atoms with van der Waals surface area (Å²) in [6.07, 6.45) is -2.60. The van der Waals surface area contributed by atoms with Gasteiger partial charge in [0, 0.05) is 16.6 Å². The van der Waals surface area contributed by atoms with E-state index in [2.05, 4.69) is 25.7 Å². The van der Waals surface area contributed by atoms with Crippen molar-refractivity contribution >= 4 is 21.9 Å². The molecule has 0 saturated carbocycles. The van der Waals surface area contributed by atoms with Crippen molar-refractivity contribution in [3.63, 3.8) is 0 Å². The molecule has 88 valence electrons. The van der Waals surface area contributed by atoms with Gasteiger partial charge >= 0.3 is 5.97 Å². The van der Waals surface area contributed by atoms with E-state index >= 15 is 0 Å². The van der Waals surface area contributed by atoms with E-state index in [4.69, 9.17) is 0 Å². The van der Waals surface area contributed by atoms with Gasteiger partial charge in [0.05, 0.1) is 7.11 Å². The number of pyridine rings is 1. The number of halogens is 3. The number of carbonyl (C=O) groups excluding carboxylic acids is 1. The molecule has 0 unspecified atom stereocenters. The second-order valence-electron chi connectivity index (χ2n) is 3.10. The molecule has 0 aliphatic heterocycles. The third-order valence-electron chi connectivity index (χ3n) is 2.09. The summed E-state index contributed by atoms with van der Waals surface area (Å²) in [6.45, 7) is 1.44. The molecule has 0 bridgehead atoms. The Kier molecular flexibility index (Phi) is 4.35. The van der Waals surface area contributed by atoms with Crippen LogP contribution in [0.1, 0.15) is 33.7 Å². The smallest absolute Gasteiger partial charge is 0.356 e. The fourth-order valence-corrected chi connectivity index (χ4v) is 1.69. The number of nitrogens with zero attached hydrogens (tertiary/aromatic N) is 1. The molecule has 0 N–H and O–H groups in total. The first-order valence-corrected chi connectivity index (χ1v) is 5.56. The minimum Gasteiger partial charge on any atom is -0.464 e. The number of carbonyl (C=O) groups is 1. The summed E-state index contributed by atoms with van der Waals surface area (Å²) in [5, 5.41) is 0.268. The average molecular weight is 294 g/mol. The van der Waals surface area contributed by atoms with Crippen LogP contribution in [0.5, 0.6) is 0 Å². The van der Waals surface area contributed by atoms with Crippen molar-refractivity contribution in [3.05, 3.63) is 28.6 Å². The standard InChI is InChI=1S/C10H10BrF2NO2/c1-5-7(9(12)13)3-6(4-11)8(14-5)10(15)16-2/h3,9H,4H2,1-2H3. The van der Waals surface area contributed by atoms with Crippen molar-refractivity contribution in [1.29, 1.82) is 0 Å². The van der Waals surface area contributed by atoms with Gasteiger partial charge in [-0.1, -0.05) is 15.9 Å². The van der Waals surface area contributed by atoms with Crippen LogP contribution in [0.3, 0.4) is 0 Å². The van der Waals surface area contributed by atoms with Crippen molar-refractivity contribution in [2.75, 3.05) is 7.11 Å². The third kappa shape index (κ3) is 2.55. The van der Waals surface area contributed by atoms with Crippen LogP contribution in [-0.2, 0) is 10.1 Å². The van der Waals surface area contributed by atoms with E-state index in [0.717, 1.165) is 0 Å². The normalized spacial score (nSPS) is 10.6. The van der Waals surface area contributed by atoms with Crippen LogP contribution in [-0.4, -0.2) is 18.1 Å². The first-order valence-electron chi connectivity index (χ1n) is 4.44. The van der Waals surface area contributed by atoms with E-state index in [-0.39, 0.29) is 22.3 Å². The lowest BCUT2D eigenvalue weighted by molar-refractivity contribution is 0.0592. The number of aryl methyl sites for hydroxylation is 1. The molecule has 0 radical (unpaired) electrons. The maximum Gasteiger partial charge on any atom is 0.356 e. The Morgan fingerprint density at radius 1 is 1.62 bits per heavy atom. The molecule has 16 heavy (non-hydrogen) atoms. The predicted octanol–water partition coefficient (Wildman–Crippen LogP) is 3.01. The van der Waals surface area contributed by atoms with Gasteiger partial charge in [-0.25, -0.2) is 18.6 Å². The molecule has 6 heteroatoms. The maximum atomic E-state index is 12.6. The molecular formula is C10H10BrF2NO2. The zero-order valence-electron chi connectivity index (χ0n) is 8.76. The summed E-state index contributed by atoms with van der Waals surface area (Å²) >= 11 is 3.12. The highest BCUT2D eigenvalue weighted by atomic mass is 79.9. The molecule has 0 saturated heterocycles. The minimum atomic E-state index is -2.60. The molecule has 1 aromatic heterocycles. The Labute approximate surface area is 99.9 Å². The summed E-state index contributed by atoms with van der Waals surface area (Å²) in [5.74, 6) is -0.627. The number of alkyl halides is 3. The topological polar surface area (TPSA) is 39.2 Å². The molecule has 0 amide bonds. The zero-order valence-corrected chi connectivity index (χ0v) is 10.3. The number of esters is 1. The quantitative estimate of drug-likeness (QED) is 0.635. The van der Waals surface area contributed by atoms with Crippen molar-refractivity contribution in [2.45, 2.75) is 18.7 Å². The average Bonchev–Trinajstić information content (AvgIpc) is 2.27. The number of hydrogen-bond donors (Lipinski definition) is 0. The van der Waals surface area contributed by atoms with Crippen LogP contribution in [0.15, 0.2) is 6.07 Å². The first kappa shape index (κ1) is 13.0. The number of ether oxygens (including phenoxy) is 1. The van der Waals surface area contributed by atoms with Crippen LogP contribution >= 0.6 is 15.9 Å². The number of hydrogen-bond acceptors (Lipinski definition) is 3. The highest BCUT2D eigenvalue weighted by Crippen LogP contribution is 2.25. The second kappa shape index (κ2) is 5.34. The number of methoxy groups -OCH3 is 1. The Balaban J connectivity index is 3.32. The summed E-state index contributed by atoms with van der Waals surface area (Å²) in [4.78, 5) is 15.2. The Morgan fingerprint density at radius 3 is 2.69 bits per heavy atom. The third-order valence-corrected chi connectivity index (χ3v) is 2.69. The van der Waals surface area contributed by atoms with Gasteiger partial charge < -0.3 is 4.74 Å². The fourth-order valence-electron chi connectivity index (χ4n) is 1.26. The minimum absolute atomic E-state index is 0.0706. The number of aromatic nitrogens is 1. The van der Waals surface area contributed by atoms with E-state index in [1.54, 1.807) is 0 Å².